The van der Waals surface area contributed by atoms with Gasteiger partial charge in [0, 0.05) is 23.2 Å². The Kier molecular flexibility index (Phi) is 6.86. The molecule has 178 valence electrons. The van der Waals surface area contributed by atoms with Crippen molar-refractivity contribution in [3.05, 3.63) is 90.0 Å². The van der Waals surface area contributed by atoms with E-state index in [2.05, 4.69) is 32.5 Å². The molecule has 4 aromatic rings. The molecule has 35 heavy (non-hydrogen) atoms. The summed E-state index contributed by atoms with van der Waals surface area (Å²) < 4.78 is 11.2. The number of hydrogen-bond acceptors (Lipinski definition) is 6. The normalized spacial score (nSPS) is 14.5. The molecule has 1 fully saturated rings. The van der Waals surface area contributed by atoms with Crippen LogP contribution in [0.4, 0.5) is 0 Å². The van der Waals surface area contributed by atoms with E-state index in [4.69, 9.17) is 9.15 Å². The number of carbonyl (C=O) groups excluding carboxylic acids is 1. The zero-order valence-electron chi connectivity index (χ0n) is 19.7. The summed E-state index contributed by atoms with van der Waals surface area (Å²) in [7, 11) is 1.67. The number of nitrogens with zero attached hydrogens (tertiary/aromatic N) is 3. The highest BCUT2D eigenvalue weighted by molar-refractivity contribution is 5.94. The molecular weight excluding hydrogens is 440 g/mol. The van der Waals surface area contributed by atoms with Gasteiger partial charge in [-0.15, -0.1) is 10.2 Å². The maximum Gasteiger partial charge on any atom is 0.251 e. The van der Waals surface area contributed by atoms with Gasteiger partial charge in [-0.1, -0.05) is 30.3 Å². The molecule has 1 aliphatic heterocycles. The minimum atomic E-state index is -0.112. The molecule has 1 unspecified atom stereocenters. The Bertz CT molecular complexity index is 1260. The van der Waals surface area contributed by atoms with Crippen molar-refractivity contribution in [2.24, 2.45) is 0 Å². The van der Waals surface area contributed by atoms with Crippen LogP contribution in [0.3, 0.4) is 0 Å². The lowest BCUT2D eigenvalue weighted by molar-refractivity contribution is 0.0938. The Morgan fingerprint density at radius 1 is 0.943 bits per heavy atom. The maximum atomic E-state index is 12.9. The predicted molar refractivity (Wildman–Crippen MR) is 134 cm³/mol. The average Bonchev–Trinajstić information content (AvgIpc) is 3.63. The van der Waals surface area contributed by atoms with Crippen LogP contribution in [0.2, 0.25) is 0 Å². The molecule has 1 aliphatic rings. The molecule has 0 radical (unpaired) electrons. The molecule has 1 amide bonds. The van der Waals surface area contributed by atoms with E-state index in [1.54, 1.807) is 19.2 Å². The molecule has 1 saturated heterocycles. The summed E-state index contributed by atoms with van der Waals surface area (Å²) in [5.74, 6) is 1.60. The molecule has 1 N–H and O–H groups in total. The molecular formula is C28H28N4O3. The third-order valence-corrected chi connectivity index (χ3v) is 6.36. The third kappa shape index (κ3) is 5.25. The number of likely N-dealkylation sites (tertiary alicyclic amines) is 1. The van der Waals surface area contributed by atoms with Crippen LogP contribution in [0.25, 0.3) is 22.9 Å². The van der Waals surface area contributed by atoms with Gasteiger partial charge in [0.15, 0.2) is 0 Å². The monoisotopic (exact) mass is 468 g/mol. The van der Waals surface area contributed by atoms with Crippen molar-refractivity contribution in [2.75, 3.05) is 26.7 Å². The molecule has 3 aromatic carbocycles. The summed E-state index contributed by atoms with van der Waals surface area (Å²) in [5.41, 5.74) is 3.36. The van der Waals surface area contributed by atoms with Crippen LogP contribution >= 0.6 is 0 Å². The van der Waals surface area contributed by atoms with Crippen LogP contribution in [0.5, 0.6) is 5.75 Å². The van der Waals surface area contributed by atoms with Gasteiger partial charge in [-0.3, -0.25) is 9.69 Å². The van der Waals surface area contributed by atoms with Crippen molar-refractivity contribution in [1.82, 2.24) is 20.4 Å². The van der Waals surface area contributed by atoms with Crippen LogP contribution in [-0.2, 0) is 0 Å². The van der Waals surface area contributed by atoms with E-state index in [1.807, 2.05) is 54.6 Å². The molecule has 1 aromatic heterocycles. The fourth-order valence-corrected chi connectivity index (χ4v) is 4.45. The fourth-order valence-electron chi connectivity index (χ4n) is 4.45. The zero-order valence-corrected chi connectivity index (χ0v) is 19.7. The number of aromatic nitrogens is 2. The highest BCUT2D eigenvalue weighted by Crippen LogP contribution is 2.28. The smallest absolute Gasteiger partial charge is 0.251 e. The lowest BCUT2D eigenvalue weighted by Gasteiger charge is -2.28. The number of nitrogens with one attached hydrogen (secondary N) is 1. The second-order valence-electron chi connectivity index (χ2n) is 8.60. The first kappa shape index (κ1) is 22.8. The van der Waals surface area contributed by atoms with Crippen LogP contribution < -0.4 is 10.1 Å². The summed E-state index contributed by atoms with van der Waals surface area (Å²) in [5, 5.41) is 11.4. The molecule has 2 heterocycles. The highest BCUT2D eigenvalue weighted by Gasteiger charge is 2.24. The maximum absolute atomic E-state index is 12.9. The van der Waals surface area contributed by atoms with Gasteiger partial charge in [-0.25, -0.2) is 0 Å². The molecule has 1 atom stereocenters. The quantitative estimate of drug-likeness (QED) is 0.393. The first-order valence-electron chi connectivity index (χ1n) is 11.9. The minimum Gasteiger partial charge on any atom is -0.497 e. The largest absolute Gasteiger partial charge is 0.497 e. The summed E-state index contributed by atoms with van der Waals surface area (Å²) in [6, 6.07) is 25.1. The summed E-state index contributed by atoms with van der Waals surface area (Å²) >= 11 is 0. The second kappa shape index (κ2) is 10.5. The van der Waals surface area contributed by atoms with E-state index in [0.717, 1.165) is 35.5 Å². The SMILES string of the molecule is COc1cccc(C(CNC(=O)c2ccc(-c3nnc(-c4ccccc4)o3)cc2)N2CCCC2)c1. The summed E-state index contributed by atoms with van der Waals surface area (Å²) in [6.45, 7) is 2.58. The van der Waals surface area contributed by atoms with Gasteiger partial charge in [0.2, 0.25) is 11.8 Å². The fraction of sp³-hybridized carbons (Fsp3) is 0.250. The number of amides is 1. The molecule has 0 aliphatic carbocycles. The number of benzene rings is 3. The van der Waals surface area contributed by atoms with Crippen LogP contribution in [0.15, 0.2) is 83.3 Å². The molecule has 7 heteroatoms. The van der Waals surface area contributed by atoms with Gasteiger partial charge in [0.1, 0.15) is 5.75 Å². The van der Waals surface area contributed by atoms with Crippen molar-refractivity contribution in [1.29, 1.82) is 0 Å². The number of methoxy groups -OCH3 is 1. The molecule has 7 nitrogen and oxygen atoms in total. The Balaban J connectivity index is 1.26. The van der Waals surface area contributed by atoms with Gasteiger partial charge >= 0.3 is 0 Å². The molecule has 0 bridgehead atoms. The lowest BCUT2D eigenvalue weighted by Crippen LogP contribution is -2.36. The van der Waals surface area contributed by atoms with Crippen molar-refractivity contribution >= 4 is 5.91 Å². The Hall–Kier alpha value is -3.97. The Labute approximate surface area is 204 Å². The lowest BCUT2D eigenvalue weighted by atomic mass is 10.0. The number of rotatable bonds is 8. The first-order chi connectivity index (χ1) is 17.2. The third-order valence-electron chi connectivity index (χ3n) is 6.36. The topological polar surface area (TPSA) is 80.5 Å². The van der Waals surface area contributed by atoms with Gasteiger partial charge in [-0.05, 0) is 80.0 Å². The molecule has 5 rings (SSSR count). The minimum absolute atomic E-state index is 0.102. The first-order valence-corrected chi connectivity index (χ1v) is 11.9. The van der Waals surface area contributed by atoms with Gasteiger partial charge < -0.3 is 14.5 Å². The van der Waals surface area contributed by atoms with E-state index in [-0.39, 0.29) is 11.9 Å². The van der Waals surface area contributed by atoms with Crippen molar-refractivity contribution in [3.63, 3.8) is 0 Å². The van der Waals surface area contributed by atoms with Crippen LogP contribution in [0.1, 0.15) is 34.8 Å². The Morgan fingerprint density at radius 3 is 2.31 bits per heavy atom. The van der Waals surface area contributed by atoms with Crippen molar-refractivity contribution < 1.29 is 13.9 Å². The van der Waals surface area contributed by atoms with E-state index in [0.29, 0.717) is 23.9 Å². The van der Waals surface area contributed by atoms with E-state index >= 15 is 0 Å². The van der Waals surface area contributed by atoms with E-state index < -0.39 is 0 Å². The Morgan fingerprint density at radius 2 is 1.63 bits per heavy atom. The van der Waals surface area contributed by atoms with Crippen molar-refractivity contribution in [2.45, 2.75) is 18.9 Å². The number of carbonyl (C=O) groups is 1. The highest BCUT2D eigenvalue weighted by atomic mass is 16.5. The average molecular weight is 469 g/mol. The predicted octanol–water partition coefficient (Wildman–Crippen LogP) is 4.98. The van der Waals surface area contributed by atoms with Gasteiger partial charge in [0.25, 0.3) is 5.91 Å². The number of hydrogen-bond donors (Lipinski definition) is 1. The second-order valence-corrected chi connectivity index (χ2v) is 8.60. The van der Waals surface area contributed by atoms with Gasteiger partial charge in [0.05, 0.1) is 13.2 Å². The summed E-state index contributed by atoms with van der Waals surface area (Å²) in [4.78, 5) is 15.4. The van der Waals surface area contributed by atoms with Crippen molar-refractivity contribution in [3.8, 4) is 28.7 Å². The molecule has 0 saturated carbocycles. The van der Waals surface area contributed by atoms with Crippen LogP contribution in [0, 0.1) is 0 Å². The van der Waals surface area contributed by atoms with E-state index in [1.165, 1.54) is 12.8 Å². The standard InChI is InChI=1S/C28H28N4O3/c1-34-24-11-7-10-23(18-24)25(32-16-5-6-17-32)19-29-26(33)20-12-14-22(15-13-20)28-31-30-27(35-28)21-8-3-2-4-9-21/h2-4,7-15,18,25H,5-6,16-17,19H2,1H3,(H,29,33). The number of ether oxygens (including phenoxy) is 1. The van der Waals surface area contributed by atoms with E-state index in [9.17, 15) is 4.79 Å². The summed E-state index contributed by atoms with van der Waals surface area (Å²) in [6.07, 6.45) is 2.36. The van der Waals surface area contributed by atoms with Crippen LogP contribution in [-0.4, -0.2) is 47.7 Å². The molecule has 0 spiro atoms. The zero-order chi connectivity index (χ0) is 24.0. The van der Waals surface area contributed by atoms with Gasteiger partial charge in [-0.2, -0.15) is 0 Å².